The zero-order valence-electron chi connectivity index (χ0n) is 38.7. The van der Waals surface area contributed by atoms with E-state index in [1.807, 2.05) is 0 Å². The van der Waals surface area contributed by atoms with Crippen LogP contribution in [0.5, 0.6) is 0 Å². The first-order valence-electron chi connectivity index (χ1n) is 26.1. The van der Waals surface area contributed by atoms with Gasteiger partial charge in [-0.3, -0.25) is 0 Å². The summed E-state index contributed by atoms with van der Waals surface area (Å²) in [6.07, 6.45) is 17.3. The summed E-state index contributed by atoms with van der Waals surface area (Å²) in [5, 5.41) is 3.08. The number of para-hydroxylation sites is 2. The summed E-state index contributed by atoms with van der Waals surface area (Å²) in [6.45, 7) is 10.1. The number of fused-ring (bicyclic) bond motifs is 15. The molecule has 7 fully saturated rings. The molecule has 0 N–H and O–H groups in total. The summed E-state index contributed by atoms with van der Waals surface area (Å²) in [7, 11) is 0. The Bertz CT molecular complexity index is 3340. The van der Waals surface area contributed by atoms with E-state index in [2.05, 4.69) is 140 Å². The molecule has 1 aromatic heterocycles. The summed E-state index contributed by atoms with van der Waals surface area (Å²) < 4.78 is 2.92. The standard InChI is InChI=1S/C62H59BN2/c1-59(2)48-12-7-8-15-52(48)64-53-28-44-42-10-5-6-11-47(42)60(3,4)55(44)54-46-27-41(61-19-18-38-23-37(29-61)24-39(38)33-61)26-45-43-25-40(62-30-34-20-35(31-62)22-36(21-34)32-62)16-17-51(43)65(57(45)46)63(56(53)54)50-14-9-13-49(59)58(50)64/h5-17,25-28,34-39H,18-24,29-33H2,1-4H3. The predicted octanol–water partition coefficient (Wildman–Crippen LogP) is 14.1. The molecule has 8 aliphatic carbocycles. The van der Waals surface area contributed by atoms with Gasteiger partial charge in [-0.15, -0.1) is 0 Å². The average Bonchev–Trinajstić information content (AvgIpc) is 3.83. The molecule has 320 valence electrons. The molecule has 2 nitrogen and oxygen atoms in total. The highest BCUT2D eigenvalue weighted by Crippen LogP contribution is 2.65. The molecule has 3 heteroatoms. The first kappa shape index (κ1) is 36.1. The van der Waals surface area contributed by atoms with Crippen LogP contribution in [0.15, 0.2) is 103 Å². The molecule has 7 bridgehead atoms. The van der Waals surface area contributed by atoms with Gasteiger partial charge in [0, 0.05) is 49.6 Å². The first-order valence-corrected chi connectivity index (χ1v) is 26.1. The van der Waals surface area contributed by atoms with Crippen LogP contribution in [-0.2, 0) is 21.7 Å². The van der Waals surface area contributed by atoms with Crippen molar-refractivity contribution in [1.82, 2.24) is 4.48 Å². The fraction of sp³-hybridized carbons (Fsp3) is 0.419. The van der Waals surface area contributed by atoms with Crippen molar-refractivity contribution in [3.8, 4) is 22.3 Å². The number of anilines is 3. The van der Waals surface area contributed by atoms with Crippen LogP contribution in [-0.4, -0.2) is 11.3 Å². The Labute approximate surface area is 384 Å². The molecular formula is C62H59BN2. The zero-order chi connectivity index (χ0) is 42.7. The Balaban J connectivity index is 1.03. The molecule has 3 aliphatic heterocycles. The van der Waals surface area contributed by atoms with Crippen molar-refractivity contribution in [3.05, 3.63) is 137 Å². The molecule has 0 saturated heterocycles. The normalized spacial score (nSPS) is 32.2. The minimum atomic E-state index is -0.146. The summed E-state index contributed by atoms with van der Waals surface area (Å²) in [5.74, 6) is 5.58. The van der Waals surface area contributed by atoms with Gasteiger partial charge >= 0.3 is 6.85 Å². The van der Waals surface area contributed by atoms with E-state index in [9.17, 15) is 0 Å². The SMILES string of the molecule is CC1(C)c2ccccc2N2c3cc4c(c5c3B(c3cccc1c32)n1c2ccc(C36CC7CC(CC(C7)C3)C6)cc2c2cc(C36CCC7CC(CC7C3)C6)cc-5c21)C(C)(C)c1ccccc1-4. The maximum Gasteiger partial charge on any atom is 0.333 e. The van der Waals surface area contributed by atoms with E-state index in [1.54, 1.807) is 27.6 Å². The van der Waals surface area contributed by atoms with E-state index in [0.717, 1.165) is 35.5 Å². The van der Waals surface area contributed by atoms with Gasteiger partial charge < -0.3 is 9.38 Å². The topological polar surface area (TPSA) is 8.17 Å². The Morgan fingerprint density at radius 1 is 0.538 bits per heavy atom. The number of hydrogen-bond acceptors (Lipinski definition) is 1. The van der Waals surface area contributed by atoms with Gasteiger partial charge in [0.25, 0.3) is 0 Å². The quantitative estimate of drug-likeness (QED) is 0.157. The zero-order valence-corrected chi connectivity index (χ0v) is 38.7. The van der Waals surface area contributed by atoms with E-state index in [1.165, 1.54) is 155 Å². The lowest BCUT2D eigenvalue weighted by Gasteiger charge is -2.57. The molecule has 0 amide bonds. The lowest BCUT2D eigenvalue weighted by atomic mass is 9.43. The van der Waals surface area contributed by atoms with Crippen molar-refractivity contribution in [2.45, 2.75) is 126 Å². The largest absolute Gasteiger partial charge is 0.375 e. The summed E-state index contributed by atoms with van der Waals surface area (Å²) in [4.78, 5) is 2.75. The van der Waals surface area contributed by atoms with Gasteiger partial charge in [0.1, 0.15) is 0 Å². The molecule has 65 heavy (non-hydrogen) atoms. The Kier molecular flexibility index (Phi) is 6.33. The third-order valence-corrected chi connectivity index (χ3v) is 21.4. The molecule has 0 spiro atoms. The Morgan fingerprint density at radius 2 is 1.25 bits per heavy atom. The molecule has 7 saturated carbocycles. The van der Waals surface area contributed by atoms with E-state index < -0.39 is 0 Å². The van der Waals surface area contributed by atoms with Gasteiger partial charge in [-0.05, 0) is 221 Å². The van der Waals surface area contributed by atoms with Crippen LogP contribution >= 0.6 is 0 Å². The van der Waals surface area contributed by atoms with Gasteiger partial charge in [-0.2, -0.15) is 0 Å². The minimum Gasteiger partial charge on any atom is -0.375 e. The maximum atomic E-state index is 2.92. The van der Waals surface area contributed by atoms with Crippen LogP contribution in [0.25, 0.3) is 44.1 Å². The van der Waals surface area contributed by atoms with Crippen LogP contribution in [0.4, 0.5) is 17.1 Å². The molecule has 11 aliphatic rings. The predicted molar refractivity (Wildman–Crippen MR) is 269 cm³/mol. The van der Waals surface area contributed by atoms with Crippen LogP contribution in [0.3, 0.4) is 0 Å². The van der Waals surface area contributed by atoms with Crippen LogP contribution in [0, 0.1) is 35.5 Å². The maximum absolute atomic E-state index is 2.92. The second kappa shape index (κ2) is 11.4. The molecule has 7 aromatic rings. The third kappa shape index (κ3) is 4.14. The number of benzene rings is 6. The van der Waals surface area contributed by atoms with Crippen molar-refractivity contribution in [3.63, 3.8) is 0 Å². The van der Waals surface area contributed by atoms with E-state index >= 15 is 0 Å². The minimum absolute atomic E-state index is 0.0694. The van der Waals surface area contributed by atoms with Crippen LogP contribution in [0.2, 0.25) is 0 Å². The molecule has 0 radical (unpaired) electrons. The second-order valence-electron chi connectivity index (χ2n) is 25.2. The Hall–Kier alpha value is -5.02. The van der Waals surface area contributed by atoms with Crippen LogP contribution in [0.1, 0.15) is 138 Å². The van der Waals surface area contributed by atoms with Crippen molar-refractivity contribution in [2.24, 2.45) is 35.5 Å². The number of rotatable bonds is 2. The molecule has 4 unspecified atom stereocenters. The monoisotopic (exact) mass is 842 g/mol. The highest BCUT2D eigenvalue weighted by Gasteiger charge is 2.56. The second-order valence-corrected chi connectivity index (χ2v) is 25.2. The van der Waals surface area contributed by atoms with Gasteiger partial charge in [-0.25, -0.2) is 0 Å². The molecule has 4 atom stereocenters. The molecular weight excluding hydrogens is 784 g/mol. The first-order chi connectivity index (χ1) is 31.6. The van der Waals surface area contributed by atoms with E-state index in [0.29, 0.717) is 5.41 Å². The van der Waals surface area contributed by atoms with Gasteiger partial charge in [-0.1, -0.05) is 94.4 Å². The van der Waals surface area contributed by atoms with Crippen molar-refractivity contribution < 1.29 is 0 Å². The van der Waals surface area contributed by atoms with Crippen molar-refractivity contribution >= 4 is 56.6 Å². The Morgan fingerprint density at radius 3 is 2.08 bits per heavy atom. The molecule has 6 aromatic carbocycles. The van der Waals surface area contributed by atoms with E-state index in [4.69, 9.17) is 0 Å². The highest BCUT2D eigenvalue weighted by molar-refractivity contribution is 6.90. The highest BCUT2D eigenvalue weighted by atomic mass is 15.2. The van der Waals surface area contributed by atoms with Gasteiger partial charge in [0.2, 0.25) is 0 Å². The summed E-state index contributed by atoms with van der Waals surface area (Å²) in [6, 6.07) is 42.7. The number of hydrogen-bond donors (Lipinski definition) is 0. The lowest BCUT2D eigenvalue weighted by molar-refractivity contribution is -0.00512. The molecule has 4 heterocycles. The van der Waals surface area contributed by atoms with Gasteiger partial charge in [0.05, 0.1) is 5.69 Å². The molecule has 18 rings (SSSR count). The van der Waals surface area contributed by atoms with Gasteiger partial charge in [0.15, 0.2) is 0 Å². The van der Waals surface area contributed by atoms with Crippen molar-refractivity contribution in [2.75, 3.05) is 4.90 Å². The smallest absolute Gasteiger partial charge is 0.333 e. The summed E-state index contributed by atoms with van der Waals surface area (Å²) in [5.41, 5.74) is 25.6. The fourth-order valence-corrected chi connectivity index (χ4v) is 19.4. The summed E-state index contributed by atoms with van der Waals surface area (Å²) >= 11 is 0. The number of nitrogens with zero attached hydrogens (tertiary/aromatic N) is 2. The van der Waals surface area contributed by atoms with E-state index in [-0.39, 0.29) is 23.1 Å². The average molecular weight is 843 g/mol. The third-order valence-electron chi connectivity index (χ3n) is 21.4. The van der Waals surface area contributed by atoms with Crippen LogP contribution < -0.4 is 15.8 Å². The number of aromatic nitrogens is 1. The lowest BCUT2D eigenvalue weighted by Crippen LogP contribution is -2.58. The fourth-order valence-electron chi connectivity index (χ4n) is 19.4. The van der Waals surface area contributed by atoms with Crippen molar-refractivity contribution in [1.29, 1.82) is 0 Å².